The Morgan fingerprint density at radius 3 is 3.04 bits per heavy atom. The van der Waals surface area contributed by atoms with Crippen molar-refractivity contribution in [2.24, 2.45) is 0 Å². The van der Waals surface area contributed by atoms with E-state index < -0.39 is 0 Å². The fraction of sp³-hybridized carbons (Fsp3) is 0.389. The molecular weight excluding hydrogens is 319 g/mol. The van der Waals surface area contributed by atoms with E-state index in [9.17, 15) is 4.39 Å². The summed E-state index contributed by atoms with van der Waals surface area (Å²) in [6.45, 7) is 3.52. The second-order valence-corrected chi connectivity index (χ2v) is 6.35. The summed E-state index contributed by atoms with van der Waals surface area (Å²) >= 11 is 0. The van der Waals surface area contributed by atoms with E-state index in [-0.39, 0.29) is 5.82 Å². The molecule has 0 radical (unpaired) electrons. The Morgan fingerprint density at radius 2 is 2.28 bits per heavy atom. The van der Waals surface area contributed by atoms with Crippen molar-refractivity contribution in [2.45, 2.75) is 45.3 Å². The van der Waals surface area contributed by atoms with Crippen molar-refractivity contribution in [3.05, 3.63) is 59.9 Å². The zero-order valence-corrected chi connectivity index (χ0v) is 14.2. The Labute approximate surface area is 145 Å². The van der Waals surface area contributed by atoms with E-state index in [4.69, 9.17) is 0 Å². The van der Waals surface area contributed by atoms with Crippen molar-refractivity contribution in [2.75, 3.05) is 0 Å². The number of hydrogen-bond donors (Lipinski definition) is 1. The van der Waals surface area contributed by atoms with Crippen LogP contribution in [0.2, 0.25) is 0 Å². The molecule has 25 heavy (non-hydrogen) atoms. The van der Waals surface area contributed by atoms with Crippen LogP contribution in [0.3, 0.4) is 0 Å². The van der Waals surface area contributed by atoms with Crippen LogP contribution >= 0.6 is 0 Å². The first kappa shape index (κ1) is 16.0. The summed E-state index contributed by atoms with van der Waals surface area (Å²) in [6, 6.07) is 5.65. The number of imidazole rings is 1. The standard InChI is InChI=1S/C18H21FN6/c1-2-17-22-18-6-4-14(11-25(18)23-17)21-10-13-3-5-16(15(19)9-13)24-8-7-20-12-24/h3,5,7-9,12,14,21H,2,4,6,10-11H2,1H3. The zero-order chi connectivity index (χ0) is 17.2. The summed E-state index contributed by atoms with van der Waals surface area (Å²) in [5.74, 6) is 1.74. The van der Waals surface area contributed by atoms with E-state index in [0.29, 0.717) is 18.3 Å². The quantitative estimate of drug-likeness (QED) is 0.774. The van der Waals surface area contributed by atoms with Crippen molar-refractivity contribution in [1.29, 1.82) is 0 Å². The molecule has 7 heteroatoms. The van der Waals surface area contributed by atoms with Crippen molar-refractivity contribution in [3.63, 3.8) is 0 Å². The van der Waals surface area contributed by atoms with Gasteiger partial charge in [-0.1, -0.05) is 13.0 Å². The number of aromatic nitrogens is 5. The van der Waals surface area contributed by atoms with E-state index in [0.717, 1.165) is 43.0 Å². The smallest absolute Gasteiger partial charge is 0.150 e. The van der Waals surface area contributed by atoms with Gasteiger partial charge >= 0.3 is 0 Å². The minimum atomic E-state index is -0.243. The minimum absolute atomic E-state index is 0.243. The summed E-state index contributed by atoms with van der Waals surface area (Å²) in [5, 5.41) is 8.04. The molecule has 0 aliphatic carbocycles. The van der Waals surface area contributed by atoms with Gasteiger partial charge in [0.25, 0.3) is 0 Å². The molecular formula is C18H21FN6. The molecule has 0 saturated carbocycles. The largest absolute Gasteiger partial charge is 0.308 e. The number of nitrogens with zero attached hydrogens (tertiary/aromatic N) is 5. The van der Waals surface area contributed by atoms with Crippen LogP contribution < -0.4 is 5.32 Å². The Balaban J connectivity index is 1.39. The summed E-state index contributed by atoms with van der Waals surface area (Å²) in [7, 11) is 0. The zero-order valence-electron chi connectivity index (χ0n) is 14.2. The number of halogens is 1. The van der Waals surface area contributed by atoms with Crippen LogP contribution in [0.25, 0.3) is 5.69 Å². The van der Waals surface area contributed by atoms with Crippen molar-refractivity contribution in [1.82, 2.24) is 29.6 Å². The molecule has 4 rings (SSSR count). The Hall–Kier alpha value is -2.54. The van der Waals surface area contributed by atoms with Gasteiger partial charge in [0, 0.05) is 37.8 Å². The minimum Gasteiger partial charge on any atom is -0.308 e. The van der Waals surface area contributed by atoms with Gasteiger partial charge in [-0.25, -0.2) is 19.0 Å². The van der Waals surface area contributed by atoms with Gasteiger partial charge in [0.1, 0.15) is 11.6 Å². The van der Waals surface area contributed by atoms with Gasteiger partial charge in [0.05, 0.1) is 18.6 Å². The number of nitrogens with one attached hydrogen (secondary N) is 1. The highest BCUT2D eigenvalue weighted by Gasteiger charge is 2.21. The second kappa shape index (κ2) is 6.76. The Bertz CT molecular complexity index is 855. The molecule has 1 aliphatic heterocycles. The van der Waals surface area contributed by atoms with Crippen LogP contribution in [-0.4, -0.2) is 30.4 Å². The van der Waals surface area contributed by atoms with E-state index in [1.165, 1.54) is 0 Å². The van der Waals surface area contributed by atoms with Gasteiger partial charge in [0.15, 0.2) is 5.82 Å². The summed E-state index contributed by atoms with van der Waals surface area (Å²) in [6.07, 6.45) is 7.79. The van der Waals surface area contributed by atoms with Gasteiger partial charge < -0.3 is 9.88 Å². The molecule has 1 aromatic carbocycles. The molecule has 1 atom stereocenters. The highest BCUT2D eigenvalue weighted by atomic mass is 19.1. The van der Waals surface area contributed by atoms with Crippen LogP contribution in [0.4, 0.5) is 4.39 Å². The predicted molar refractivity (Wildman–Crippen MR) is 91.9 cm³/mol. The normalized spacial score (nSPS) is 16.8. The van der Waals surface area contributed by atoms with Crippen LogP contribution in [0.15, 0.2) is 36.9 Å². The third kappa shape index (κ3) is 3.32. The monoisotopic (exact) mass is 340 g/mol. The predicted octanol–water partition coefficient (Wildman–Crippen LogP) is 2.27. The first-order valence-electron chi connectivity index (χ1n) is 8.65. The van der Waals surface area contributed by atoms with Crippen LogP contribution in [0, 0.1) is 5.82 Å². The number of hydrogen-bond acceptors (Lipinski definition) is 4. The number of rotatable bonds is 5. The van der Waals surface area contributed by atoms with E-state index in [1.807, 2.05) is 10.7 Å². The van der Waals surface area contributed by atoms with E-state index in [2.05, 4.69) is 27.3 Å². The van der Waals surface area contributed by atoms with E-state index >= 15 is 0 Å². The molecule has 3 aromatic rings. The lowest BCUT2D eigenvalue weighted by Gasteiger charge is -2.23. The molecule has 0 fully saturated rings. The fourth-order valence-electron chi connectivity index (χ4n) is 3.21. The van der Waals surface area contributed by atoms with Crippen molar-refractivity contribution < 1.29 is 4.39 Å². The lowest BCUT2D eigenvalue weighted by Crippen LogP contribution is -2.37. The lowest BCUT2D eigenvalue weighted by atomic mass is 10.1. The second-order valence-electron chi connectivity index (χ2n) is 6.35. The maximum Gasteiger partial charge on any atom is 0.150 e. The summed E-state index contributed by atoms with van der Waals surface area (Å²) in [4.78, 5) is 8.49. The molecule has 0 saturated heterocycles. The third-order valence-corrected chi connectivity index (χ3v) is 4.61. The summed E-state index contributed by atoms with van der Waals surface area (Å²) in [5.41, 5.74) is 1.44. The SMILES string of the molecule is CCc1nc2n(n1)CC(NCc1ccc(-n3ccnc3)c(F)c1)CC2. The molecule has 3 heterocycles. The molecule has 0 bridgehead atoms. The van der Waals surface area contributed by atoms with Crippen LogP contribution in [0.1, 0.15) is 30.6 Å². The topological polar surface area (TPSA) is 60.6 Å². The maximum absolute atomic E-state index is 14.3. The molecule has 2 aromatic heterocycles. The van der Waals surface area contributed by atoms with Crippen molar-refractivity contribution >= 4 is 0 Å². The van der Waals surface area contributed by atoms with Gasteiger partial charge in [-0.2, -0.15) is 5.10 Å². The highest BCUT2D eigenvalue weighted by molar-refractivity contribution is 5.36. The molecule has 0 amide bonds. The van der Waals surface area contributed by atoms with Crippen molar-refractivity contribution in [3.8, 4) is 5.69 Å². The molecule has 0 spiro atoms. The lowest BCUT2D eigenvalue weighted by molar-refractivity contribution is 0.357. The first-order valence-corrected chi connectivity index (χ1v) is 8.65. The number of aryl methyl sites for hydroxylation is 2. The van der Waals surface area contributed by atoms with Crippen LogP contribution in [-0.2, 0) is 25.9 Å². The molecule has 1 aliphatic rings. The first-order chi connectivity index (χ1) is 12.2. The highest BCUT2D eigenvalue weighted by Crippen LogP contribution is 2.17. The van der Waals surface area contributed by atoms with Gasteiger partial charge in [-0.05, 0) is 24.1 Å². The fourth-order valence-corrected chi connectivity index (χ4v) is 3.21. The Kier molecular flexibility index (Phi) is 4.31. The maximum atomic E-state index is 14.3. The molecule has 6 nitrogen and oxygen atoms in total. The van der Waals surface area contributed by atoms with Gasteiger partial charge in [0.2, 0.25) is 0 Å². The number of fused-ring (bicyclic) bond motifs is 1. The average Bonchev–Trinajstić information content (AvgIpc) is 3.28. The van der Waals surface area contributed by atoms with Crippen LogP contribution in [0.5, 0.6) is 0 Å². The summed E-state index contributed by atoms with van der Waals surface area (Å²) < 4.78 is 18.0. The molecule has 130 valence electrons. The molecule has 1 N–H and O–H groups in total. The van der Waals surface area contributed by atoms with E-state index in [1.54, 1.807) is 35.4 Å². The van der Waals surface area contributed by atoms with Gasteiger partial charge in [-0.15, -0.1) is 0 Å². The average molecular weight is 340 g/mol. The number of benzene rings is 1. The third-order valence-electron chi connectivity index (χ3n) is 4.61. The Morgan fingerprint density at radius 1 is 1.36 bits per heavy atom. The van der Waals surface area contributed by atoms with Gasteiger partial charge in [-0.3, -0.25) is 0 Å². The molecule has 1 unspecified atom stereocenters.